The van der Waals surface area contributed by atoms with Crippen molar-refractivity contribution < 1.29 is 14.1 Å². The van der Waals surface area contributed by atoms with E-state index in [4.69, 9.17) is 10.3 Å². The highest BCUT2D eigenvalue weighted by atomic mass is 16.5. The number of hydrogen-bond acceptors (Lipinski definition) is 8. The van der Waals surface area contributed by atoms with Gasteiger partial charge < -0.3 is 20.5 Å². The molecule has 3 N–H and O–H groups in total. The lowest BCUT2D eigenvalue weighted by molar-refractivity contribution is -0.145. The summed E-state index contributed by atoms with van der Waals surface area (Å²) in [7, 11) is 1.78. The van der Waals surface area contributed by atoms with E-state index in [1.807, 2.05) is 47.2 Å². The van der Waals surface area contributed by atoms with Crippen LogP contribution in [0.4, 0.5) is 5.69 Å². The molecule has 2 amide bonds. The maximum Gasteiger partial charge on any atom is 0.256 e. The number of likely N-dealkylation sites (N-methyl/N-ethyl adjacent to an activating group) is 1. The molecule has 0 radical (unpaired) electrons. The summed E-state index contributed by atoms with van der Waals surface area (Å²) in [6.45, 7) is 5.87. The Morgan fingerprint density at radius 2 is 1.86 bits per heavy atom. The van der Waals surface area contributed by atoms with Crippen molar-refractivity contribution in [3.05, 3.63) is 65.0 Å². The number of carbonyl (C=O) groups excluding carboxylic acids is 2. The van der Waals surface area contributed by atoms with E-state index >= 15 is 0 Å². The van der Waals surface area contributed by atoms with Crippen LogP contribution in [0.15, 0.2) is 47.0 Å². The van der Waals surface area contributed by atoms with E-state index in [-0.39, 0.29) is 24.9 Å². The van der Waals surface area contributed by atoms with Gasteiger partial charge in [-0.25, -0.2) is 5.01 Å². The highest BCUT2D eigenvalue weighted by Crippen LogP contribution is 2.28. The number of amides is 2. The summed E-state index contributed by atoms with van der Waals surface area (Å²) in [6, 6.07) is 14.0. The molecule has 1 aliphatic heterocycles. The van der Waals surface area contributed by atoms with E-state index in [2.05, 4.69) is 27.6 Å². The SMILES string of the molecule is CCc1ccc(-c2noc(C)n2)cc1N(CC(=O)NCCN)CC(=O)N(C)N1Cc2ccccc2C1. The monoisotopic (exact) mass is 491 g/mol. The second-order valence-corrected chi connectivity index (χ2v) is 8.84. The van der Waals surface area contributed by atoms with Gasteiger partial charge in [-0.15, -0.1) is 0 Å². The van der Waals surface area contributed by atoms with Gasteiger partial charge in [-0.2, -0.15) is 4.98 Å². The number of nitrogens with one attached hydrogen (secondary N) is 1. The number of aryl methyl sites for hydroxylation is 2. The number of aromatic nitrogens is 2. The first-order chi connectivity index (χ1) is 17.4. The fourth-order valence-corrected chi connectivity index (χ4v) is 4.33. The zero-order valence-corrected chi connectivity index (χ0v) is 21.0. The van der Waals surface area contributed by atoms with Crippen molar-refractivity contribution in [3.63, 3.8) is 0 Å². The molecule has 0 atom stereocenters. The molecule has 1 aromatic heterocycles. The third kappa shape index (κ3) is 5.72. The number of nitrogens with zero attached hydrogens (tertiary/aromatic N) is 5. The first-order valence-corrected chi connectivity index (χ1v) is 12.1. The molecule has 36 heavy (non-hydrogen) atoms. The Morgan fingerprint density at radius 3 is 2.47 bits per heavy atom. The van der Waals surface area contributed by atoms with Gasteiger partial charge in [0.2, 0.25) is 17.6 Å². The molecule has 2 aromatic carbocycles. The summed E-state index contributed by atoms with van der Waals surface area (Å²) in [5.74, 6) is 0.611. The molecule has 4 rings (SSSR count). The van der Waals surface area contributed by atoms with Crippen LogP contribution in [0, 0.1) is 6.92 Å². The lowest BCUT2D eigenvalue weighted by Gasteiger charge is -2.32. The zero-order valence-electron chi connectivity index (χ0n) is 21.0. The normalized spacial score (nSPS) is 12.9. The average molecular weight is 492 g/mol. The summed E-state index contributed by atoms with van der Waals surface area (Å²) in [5.41, 5.74) is 10.5. The Balaban J connectivity index is 1.59. The van der Waals surface area contributed by atoms with Crippen LogP contribution in [-0.2, 0) is 29.1 Å². The number of benzene rings is 2. The molecule has 0 bridgehead atoms. The van der Waals surface area contributed by atoms with Crippen LogP contribution in [0.2, 0.25) is 0 Å². The minimum atomic E-state index is -0.202. The number of carbonyl (C=O) groups is 2. The molecule has 1 aliphatic rings. The Morgan fingerprint density at radius 1 is 1.14 bits per heavy atom. The van der Waals surface area contributed by atoms with E-state index < -0.39 is 0 Å². The molecule has 190 valence electrons. The standard InChI is InChI=1S/C26H33N7O3/c1-4-19-9-10-20(26-29-18(2)36-30-26)13-23(19)32(16-24(34)28-12-11-27)17-25(35)31(3)33-14-21-7-5-6-8-22(21)15-33/h5-10,13H,4,11-12,14-17,27H2,1-3H3,(H,28,34). The Labute approximate surface area is 211 Å². The third-order valence-corrected chi connectivity index (χ3v) is 6.33. The van der Waals surface area contributed by atoms with Crippen molar-refractivity contribution in [1.82, 2.24) is 25.5 Å². The van der Waals surface area contributed by atoms with Crippen molar-refractivity contribution in [3.8, 4) is 11.4 Å². The van der Waals surface area contributed by atoms with Crippen LogP contribution in [0.3, 0.4) is 0 Å². The lowest BCUT2D eigenvalue weighted by atomic mass is 10.0. The van der Waals surface area contributed by atoms with Gasteiger partial charge in [0.1, 0.15) is 0 Å². The number of fused-ring (bicyclic) bond motifs is 1. The largest absolute Gasteiger partial charge is 0.353 e. The quantitative estimate of drug-likeness (QED) is 0.441. The van der Waals surface area contributed by atoms with Crippen LogP contribution >= 0.6 is 0 Å². The average Bonchev–Trinajstić information content (AvgIpc) is 3.52. The maximum absolute atomic E-state index is 13.5. The van der Waals surface area contributed by atoms with Gasteiger partial charge in [-0.1, -0.05) is 48.5 Å². The lowest BCUT2D eigenvalue weighted by Crippen LogP contribution is -2.48. The van der Waals surface area contributed by atoms with Gasteiger partial charge in [0.25, 0.3) is 5.91 Å². The summed E-state index contributed by atoms with van der Waals surface area (Å²) < 4.78 is 5.15. The molecule has 0 saturated carbocycles. The number of rotatable bonds is 10. The molecule has 0 spiro atoms. The van der Waals surface area contributed by atoms with Crippen molar-refractivity contribution in [1.29, 1.82) is 0 Å². The number of anilines is 1. The van der Waals surface area contributed by atoms with Gasteiger partial charge in [0.15, 0.2) is 0 Å². The van der Waals surface area contributed by atoms with E-state index in [1.54, 1.807) is 19.0 Å². The first-order valence-electron chi connectivity index (χ1n) is 12.1. The summed E-state index contributed by atoms with van der Waals surface area (Å²) in [4.78, 5) is 32.3. The molecule has 0 unspecified atom stereocenters. The van der Waals surface area contributed by atoms with Crippen LogP contribution < -0.4 is 16.0 Å². The van der Waals surface area contributed by atoms with Crippen molar-refractivity contribution in [2.75, 3.05) is 38.1 Å². The molecule has 10 nitrogen and oxygen atoms in total. The number of nitrogens with two attached hydrogens (primary N) is 1. The van der Waals surface area contributed by atoms with Gasteiger partial charge in [-0.05, 0) is 29.2 Å². The minimum Gasteiger partial charge on any atom is -0.353 e. The highest BCUT2D eigenvalue weighted by molar-refractivity contribution is 5.87. The van der Waals surface area contributed by atoms with E-state index in [1.165, 1.54) is 11.1 Å². The molecule has 0 fully saturated rings. The number of hydrazine groups is 1. The van der Waals surface area contributed by atoms with Gasteiger partial charge >= 0.3 is 0 Å². The molecule has 2 heterocycles. The van der Waals surface area contributed by atoms with Crippen molar-refractivity contribution in [2.45, 2.75) is 33.4 Å². The molecule has 0 aliphatic carbocycles. The predicted molar refractivity (Wildman–Crippen MR) is 137 cm³/mol. The fourth-order valence-electron chi connectivity index (χ4n) is 4.33. The van der Waals surface area contributed by atoms with E-state index in [0.717, 1.165) is 23.2 Å². The Hall–Kier alpha value is -3.76. The summed E-state index contributed by atoms with van der Waals surface area (Å²) in [5, 5.41) is 10.5. The van der Waals surface area contributed by atoms with Crippen LogP contribution in [0.5, 0.6) is 0 Å². The predicted octanol–water partition coefficient (Wildman–Crippen LogP) is 1.88. The van der Waals surface area contributed by atoms with Crippen LogP contribution in [-0.4, -0.2) is 65.2 Å². The third-order valence-electron chi connectivity index (χ3n) is 6.33. The molecular weight excluding hydrogens is 458 g/mol. The van der Waals surface area contributed by atoms with Crippen molar-refractivity contribution >= 4 is 17.5 Å². The Bertz CT molecular complexity index is 1200. The van der Waals surface area contributed by atoms with Gasteiger partial charge in [0, 0.05) is 51.4 Å². The second kappa shape index (κ2) is 11.3. The van der Waals surface area contributed by atoms with E-state index in [0.29, 0.717) is 37.9 Å². The topological polar surface area (TPSA) is 121 Å². The smallest absolute Gasteiger partial charge is 0.256 e. The zero-order chi connectivity index (χ0) is 25.7. The summed E-state index contributed by atoms with van der Waals surface area (Å²) in [6.07, 6.45) is 0.729. The first kappa shape index (κ1) is 25.3. The van der Waals surface area contributed by atoms with Crippen LogP contribution in [0.1, 0.15) is 29.5 Å². The minimum absolute atomic E-state index is 0.0154. The highest BCUT2D eigenvalue weighted by Gasteiger charge is 2.27. The van der Waals surface area contributed by atoms with Gasteiger partial charge in [0.05, 0.1) is 13.1 Å². The van der Waals surface area contributed by atoms with Crippen molar-refractivity contribution in [2.24, 2.45) is 5.73 Å². The molecule has 3 aromatic rings. The fraction of sp³-hybridized carbons (Fsp3) is 0.385. The van der Waals surface area contributed by atoms with Crippen LogP contribution in [0.25, 0.3) is 11.4 Å². The summed E-state index contributed by atoms with van der Waals surface area (Å²) >= 11 is 0. The molecule has 10 heteroatoms. The van der Waals surface area contributed by atoms with Gasteiger partial charge in [-0.3, -0.25) is 14.6 Å². The second-order valence-electron chi connectivity index (χ2n) is 8.84. The molecule has 0 saturated heterocycles. The van der Waals surface area contributed by atoms with E-state index in [9.17, 15) is 9.59 Å². The maximum atomic E-state index is 13.5. The number of hydrogen-bond donors (Lipinski definition) is 2. The Kier molecular flexibility index (Phi) is 7.97. The molecular formula is C26H33N7O3.